The van der Waals surface area contributed by atoms with Crippen LogP contribution in [0, 0.1) is 9.39 Å². The first kappa shape index (κ1) is 13.1. The normalized spacial score (nSPS) is 10.3. The van der Waals surface area contributed by atoms with Crippen LogP contribution in [0.4, 0.5) is 15.8 Å². The number of nitrogen functional groups attached to an aromatic ring is 1. The highest BCUT2D eigenvalue weighted by Crippen LogP contribution is 2.23. The number of rotatable bonds is 4. The summed E-state index contributed by atoms with van der Waals surface area (Å²) in [6, 6.07) is 6.96. The maximum absolute atomic E-state index is 13.4. The minimum atomic E-state index is -0.256. The average molecular weight is 357 g/mol. The van der Waals surface area contributed by atoms with Gasteiger partial charge < -0.3 is 11.1 Å². The fourth-order valence-electron chi connectivity index (χ4n) is 1.60. The second kappa shape index (κ2) is 5.99. The van der Waals surface area contributed by atoms with Crippen molar-refractivity contribution in [2.45, 2.75) is 6.42 Å². The lowest BCUT2D eigenvalue weighted by Crippen LogP contribution is -2.07. The average Bonchev–Trinajstić information content (AvgIpc) is 2.37. The van der Waals surface area contributed by atoms with E-state index in [0.29, 0.717) is 21.5 Å². The molecule has 0 fully saturated rings. The molecule has 3 N–H and O–H groups in total. The summed E-state index contributed by atoms with van der Waals surface area (Å²) in [5.41, 5.74) is 8.16. The van der Waals surface area contributed by atoms with Gasteiger partial charge in [-0.05, 0) is 46.7 Å². The van der Waals surface area contributed by atoms with Crippen LogP contribution in [0.2, 0.25) is 0 Å². The lowest BCUT2D eigenvalue weighted by Gasteiger charge is -2.10. The Labute approximate surface area is 119 Å². The Bertz CT molecular complexity index is 531. The second-order valence-corrected chi connectivity index (χ2v) is 5.05. The number of nitrogens with one attached hydrogen (secondary N) is 1. The standard InChI is InChI=1S/C13H13FIN3/c14-10-6-13(12(16)7-11(10)15)18-5-3-9-2-1-4-17-8-9/h1-2,4,6-8,18H,3,5,16H2. The molecule has 0 bridgehead atoms. The van der Waals surface area contributed by atoms with Crippen LogP contribution in [0.25, 0.3) is 0 Å². The maximum atomic E-state index is 13.4. The first-order valence-electron chi connectivity index (χ1n) is 5.54. The third-order valence-corrected chi connectivity index (χ3v) is 3.37. The van der Waals surface area contributed by atoms with Crippen molar-refractivity contribution in [2.24, 2.45) is 0 Å². The molecule has 5 heteroatoms. The Morgan fingerprint density at radius 1 is 1.39 bits per heavy atom. The lowest BCUT2D eigenvalue weighted by atomic mass is 10.2. The van der Waals surface area contributed by atoms with Gasteiger partial charge in [0.05, 0.1) is 14.9 Å². The van der Waals surface area contributed by atoms with Crippen LogP contribution in [0.5, 0.6) is 0 Å². The van der Waals surface area contributed by atoms with E-state index < -0.39 is 0 Å². The molecule has 0 amide bonds. The Morgan fingerprint density at radius 3 is 2.94 bits per heavy atom. The molecule has 0 saturated carbocycles. The van der Waals surface area contributed by atoms with Crippen LogP contribution >= 0.6 is 22.6 Å². The summed E-state index contributed by atoms with van der Waals surface area (Å²) < 4.78 is 13.9. The van der Waals surface area contributed by atoms with Gasteiger partial charge in [-0.25, -0.2) is 4.39 Å². The van der Waals surface area contributed by atoms with Gasteiger partial charge in [0.1, 0.15) is 5.82 Å². The van der Waals surface area contributed by atoms with Crippen LogP contribution in [-0.2, 0) is 6.42 Å². The predicted molar refractivity (Wildman–Crippen MR) is 80.0 cm³/mol. The third kappa shape index (κ3) is 3.32. The van der Waals surface area contributed by atoms with Gasteiger partial charge in [0.2, 0.25) is 0 Å². The molecule has 0 aliphatic heterocycles. The van der Waals surface area contributed by atoms with E-state index in [0.717, 1.165) is 12.0 Å². The summed E-state index contributed by atoms with van der Waals surface area (Å²) in [5.74, 6) is -0.256. The highest BCUT2D eigenvalue weighted by Gasteiger charge is 2.05. The van der Waals surface area contributed by atoms with Gasteiger partial charge >= 0.3 is 0 Å². The highest BCUT2D eigenvalue weighted by atomic mass is 127. The molecular formula is C13H13FIN3. The number of hydrogen-bond acceptors (Lipinski definition) is 3. The molecule has 0 aliphatic carbocycles. The highest BCUT2D eigenvalue weighted by molar-refractivity contribution is 14.1. The quantitative estimate of drug-likeness (QED) is 0.653. The predicted octanol–water partition coefficient (Wildman–Crippen LogP) is 3.06. The topological polar surface area (TPSA) is 50.9 Å². The number of anilines is 2. The van der Waals surface area contributed by atoms with E-state index in [-0.39, 0.29) is 5.82 Å². The molecule has 0 radical (unpaired) electrons. The molecule has 18 heavy (non-hydrogen) atoms. The van der Waals surface area contributed by atoms with E-state index in [2.05, 4.69) is 10.3 Å². The molecule has 0 spiro atoms. The van der Waals surface area contributed by atoms with Crippen LogP contribution in [0.3, 0.4) is 0 Å². The Balaban J connectivity index is 1.97. The summed E-state index contributed by atoms with van der Waals surface area (Å²) >= 11 is 1.92. The van der Waals surface area contributed by atoms with Crippen LogP contribution in [-0.4, -0.2) is 11.5 Å². The van der Waals surface area contributed by atoms with Gasteiger partial charge in [-0.3, -0.25) is 4.98 Å². The molecule has 3 nitrogen and oxygen atoms in total. The van der Waals surface area contributed by atoms with Crippen molar-refractivity contribution in [3.05, 3.63) is 51.6 Å². The van der Waals surface area contributed by atoms with Crippen molar-refractivity contribution in [1.82, 2.24) is 4.98 Å². The molecule has 2 rings (SSSR count). The zero-order chi connectivity index (χ0) is 13.0. The van der Waals surface area contributed by atoms with Crippen molar-refractivity contribution < 1.29 is 4.39 Å². The number of hydrogen-bond donors (Lipinski definition) is 2. The van der Waals surface area contributed by atoms with E-state index in [4.69, 9.17) is 5.73 Å². The molecule has 1 heterocycles. The maximum Gasteiger partial charge on any atom is 0.138 e. The molecule has 0 aliphatic rings. The molecule has 0 saturated heterocycles. The van der Waals surface area contributed by atoms with Crippen LogP contribution in [0.15, 0.2) is 36.7 Å². The van der Waals surface area contributed by atoms with Crippen LogP contribution < -0.4 is 11.1 Å². The summed E-state index contributed by atoms with van der Waals surface area (Å²) in [7, 11) is 0. The van der Waals surface area contributed by atoms with E-state index in [9.17, 15) is 4.39 Å². The number of aromatic nitrogens is 1. The largest absolute Gasteiger partial charge is 0.397 e. The molecule has 94 valence electrons. The van der Waals surface area contributed by atoms with Crippen molar-refractivity contribution in [2.75, 3.05) is 17.6 Å². The third-order valence-electron chi connectivity index (χ3n) is 2.54. The Kier molecular flexibility index (Phi) is 4.35. The number of benzene rings is 1. The summed E-state index contributed by atoms with van der Waals surface area (Å²) in [4.78, 5) is 4.04. The Morgan fingerprint density at radius 2 is 2.22 bits per heavy atom. The van der Waals surface area contributed by atoms with Gasteiger partial charge in [0.15, 0.2) is 0 Å². The molecule has 0 atom stereocenters. The number of nitrogens with two attached hydrogens (primary N) is 1. The fraction of sp³-hybridized carbons (Fsp3) is 0.154. The number of nitrogens with zero attached hydrogens (tertiary/aromatic N) is 1. The lowest BCUT2D eigenvalue weighted by molar-refractivity contribution is 0.621. The fourth-order valence-corrected chi connectivity index (χ4v) is 2.09. The van der Waals surface area contributed by atoms with Gasteiger partial charge in [-0.2, -0.15) is 0 Å². The summed E-state index contributed by atoms with van der Waals surface area (Å²) in [5, 5.41) is 3.13. The van der Waals surface area contributed by atoms with Crippen molar-refractivity contribution >= 4 is 34.0 Å². The van der Waals surface area contributed by atoms with Crippen molar-refractivity contribution in [3.8, 4) is 0 Å². The van der Waals surface area contributed by atoms with E-state index in [1.807, 2.05) is 40.9 Å². The van der Waals surface area contributed by atoms with Gasteiger partial charge in [-0.15, -0.1) is 0 Å². The molecule has 2 aromatic rings. The number of halogens is 2. The second-order valence-electron chi connectivity index (χ2n) is 3.89. The first-order valence-corrected chi connectivity index (χ1v) is 6.62. The zero-order valence-electron chi connectivity index (χ0n) is 9.66. The molecule has 1 aromatic heterocycles. The smallest absolute Gasteiger partial charge is 0.138 e. The monoisotopic (exact) mass is 357 g/mol. The van der Waals surface area contributed by atoms with E-state index >= 15 is 0 Å². The number of pyridine rings is 1. The van der Waals surface area contributed by atoms with Crippen molar-refractivity contribution in [1.29, 1.82) is 0 Å². The Hall–Kier alpha value is -1.37. The van der Waals surface area contributed by atoms with Gasteiger partial charge in [-0.1, -0.05) is 6.07 Å². The summed E-state index contributed by atoms with van der Waals surface area (Å²) in [6.07, 6.45) is 4.38. The zero-order valence-corrected chi connectivity index (χ0v) is 11.8. The SMILES string of the molecule is Nc1cc(I)c(F)cc1NCCc1cccnc1. The molecular weight excluding hydrogens is 344 g/mol. The van der Waals surface area contributed by atoms with E-state index in [1.165, 1.54) is 6.07 Å². The minimum Gasteiger partial charge on any atom is -0.397 e. The van der Waals surface area contributed by atoms with Crippen LogP contribution in [0.1, 0.15) is 5.56 Å². The first-order chi connectivity index (χ1) is 8.66. The van der Waals surface area contributed by atoms with Gasteiger partial charge in [0.25, 0.3) is 0 Å². The molecule has 1 aromatic carbocycles. The molecule has 0 unspecified atom stereocenters. The minimum absolute atomic E-state index is 0.256. The van der Waals surface area contributed by atoms with E-state index in [1.54, 1.807) is 12.3 Å². The van der Waals surface area contributed by atoms with Crippen molar-refractivity contribution in [3.63, 3.8) is 0 Å². The summed E-state index contributed by atoms with van der Waals surface area (Å²) in [6.45, 7) is 0.690. The van der Waals surface area contributed by atoms with Gasteiger partial charge in [0, 0.05) is 25.0 Å².